The Kier molecular flexibility index (Phi) is 6.09. The van der Waals surface area contributed by atoms with Gasteiger partial charge in [0.1, 0.15) is 0 Å². The summed E-state index contributed by atoms with van der Waals surface area (Å²) in [6.07, 6.45) is 0. The van der Waals surface area contributed by atoms with Crippen LogP contribution in [0.4, 0.5) is 5.69 Å². The summed E-state index contributed by atoms with van der Waals surface area (Å²) in [5.74, 6) is -0.280. The summed E-state index contributed by atoms with van der Waals surface area (Å²) >= 11 is 0. The Labute approximate surface area is 177 Å². The molecular weight excluding hydrogens is 370 g/mol. The van der Waals surface area contributed by atoms with Gasteiger partial charge in [-0.05, 0) is 35.6 Å². The minimum atomic E-state index is -0.280. The molecule has 0 unspecified atom stereocenters. The smallest absolute Gasteiger partial charge is 0.338 e. The van der Waals surface area contributed by atoms with Crippen molar-refractivity contribution in [3.63, 3.8) is 0 Å². The number of rotatable bonds is 7. The van der Waals surface area contributed by atoms with Gasteiger partial charge in [0.25, 0.3) is 0 Å². The average molecular weight is 396 g/mol. The lowest BCUT2D eigenvalue weighted by Gasteiger charge is -2.27. The normalized spacial score (nSPS) is 10.7. The van der Waals surface area contributed by atoms with E-state index in [0.29, 0.717) is 12.2 Å². The van der Waals surface area contributed by atoms with Crippen LogP contribution in [0.25, 0.3) is 10.8 Å². The molecule has 0 fully saturated rings. The van der Waals surface area contributed by atoms with E-state index in [1.165, 1.54) is 11.1 Å². The monoisotopic (exact) mass is 395 g/mol. The van der Waals surface area contributed by atoms with Gasteiger partial charge in [-0.15, -0.1) is 0 Å². The van der Waals surface area contributed by atoms with Crippen molar-refractivity contribution in [1.82, 2.24) is 0 Å². The standard InChI is InChI=1S/C27H25NO2/c1-2-30-27(29)25-17-18-26(24-16-10-9-15-23(24)25)28(19-21-11-5-3-6-12-21)20-22-13-7-4-8-14-22/h3-18H,2,19-20H2,1H3. The van der Waals surface area contributed by atoms with Crippen LogP contribution in [-0.4, -0.2) is 12.6 Å². The number of carbonyl (C=O) groups excluding carboxylic acids is 1. The first-order valence-corrected chi connectivity index (χ1v) is 10.3. The van der Waals surface area contributed by atoms with Crippen molar-refractivity contribution in [1.29, 1.82) is 0 Å². The van der Waals surface area contributed by atoms with Gasteiger partial charge in [-0.1, -0.05) is 84.9 Å². The summed E-state index contributed by atoms with van der Waals surface area (Å²) in [4.78, 5) is 14.8. The predicted octanol–water partition coefficient (Wildman–Crippen LogP) is 6.22. The van der Waals surface area contributed by atoms with Crippen LogP contribution in [0.3, 0.4) is 0 Å². The highest BCUT2D eigenvalue weighted by Gasteiger charge is 2.17. The number of ether oxygens (including phenoxy) is 1. The third-order valence-corrected chi connectivity index (χ3v) is 5.17. The molecule has 4 aromatic rings. The lowest BCUT2D eigenvalue weighted by molar-refractivity contribution is 0.0528. The van der Waals surface area contributed by atoms with E-state index in [1.54, 1.807) is 0 Å². The molecule has 4 rings (SSSR count). The molecule has 0 aromatic heterocycles. The lowest BCUT2D eigenvalue weighted by Crippen LogP contribution is -2.22. The first-order chi connectivity index (χ1) is 14.8. The van der Waals surface area contributed by atoms with E-state index in [9.17, 15) is 4.79 Å². The number of nitrogens with zero attached hydrogens (tertiary/aromatic N) is 1. The second-order valence-corrected chi connectivity index (χ2v) is 7.23. The molecule has 0 radical (unpaired) electrons. The summed E-state index contributed by atoms with van der Waals surface area (Å²) in [6, 6.07) is 32.9. The van der Waals surface area contributed by atoms with E-state index in [1.807, 2.05) is 49.4 Å². The van der Waals surface area contributed by atoms with E-state index in [0.717, 1.165) is 29.5 Å². The van der Waals surface area contributed by atoms with Crippen LogP contribution in [0.2, 0.25) is 0 Å². The van der Waals surface area contributed by atoms with Crippen LogP contribution in [0.5, 0.6) is 0 Å². The summed E-state index contributed by atoms with van der Waals surface area (Å²) in [5, 5.41) is 1.97. The molecule has 30 heavy (non-hydrogen) atoms. The topological polar surface area (TPSA) is 29.5 Å². The fraction of sp³-hybridized carbons (Fsp3) is 0.148. The summed E-state index contributed by atoms with van der Waals surface area (Å²) in [6.45, 7) is 3.75. The summed E-state index contributed by atoms with van der Waals surface area (Å²) < 4.78 is 5.28. The SMILES string of the molecule is CCOC(=O)c1ccc(N(Cc2ccccc2)Cc2ccccc2)c2ccccc12. The van der Waals surface area contributed by atoms with Crippen molar-refractivity contribution in [2.24, 2.45) is 0 Å². The highest BCUT2D eigenvalue weighted by Crippen LogP contribution is 2.32. The predicted molar refractivity (Wildman–Crippen MR) is 123 cm³/mol. The molecule has 3 nitrogen and oxygen atoms in total. The average Bonchev–Trinajstić information content (AvgIpc) is 2.79. The molecule has 3 heteroatoms. The van der Waals surface area contributed by atoms with Crippen molar-refractivity contribution in [3.05, 3.63) is 114 Å². The van der Waals surface area contributed by atoms with E-state index < -0.39 is 0 Å². The van der Waals surface area contributed by atoms with Crippen LogP contribution in [0, 0.1) is 0 Å². The molecule has 0 heterocycles. The van der Waals surface area contributed by atoms with Gasteiger partial charge in [0.2, 0.25) is 0 Å². The fourth-order valence-corrected chi connectivity index (χ4v) is 3.78. The summed E-state index contributed by atoms with van der Waals surface area (Å²) in [5.41, 5.74) is 4.20. The first-order valence-electron chi connectivity index (χ1n) is 10.3. The highest BCUT2D eigenvalue weighted by atomic mass is 16.5. The van der Waals surface area contributed by atoms with E-state index in [2.05, 4.69) is 59.5 Å². The van der Waals surface area contributed by atoms with Gasteiger partial charge >= 0.3 is 5.97 Å². The largest absolute Gasteiger partial charge is 0.462 e. The van der Waals surface area contributed by atoms with Gasteiger partial charge in [-0.25, -0.2) is 4.79 Å². The molecule has 0 saturated carbocycles. The number of carbonyl (C=O) groups is 1. The third kappa shape index (κ3) is 4.36. The van der Waals surface area contributed by atoms with Crippen LogP contribution in [0.1, 0.15) is 28.4 Å². The Morgan fingerprint density at radius 1 is 0.700 bits per heavy atom. The number of benzene rings is 4. The highest BCUT2D eigenvalue weighted by molar-refractivity contribution is 6.08. The van der Waals surface area contributed by atoms with Crippen molar-refractivity contribution in [2.75, 3.05) is 11.5 Å². The first kappa shape index (κ1) is 19.7. The maximum Gasteiger partial charge on any atom is 0.338 e. The zero-order chi connectivity index (χ0) is 20.8. The molecule has 0 N–H and O–H groups in total. The second-order valence-electron chi connectivity index (χ2n) is 7.23. The zero-order valence-electron chi connectivity index (χ0n) is 17.1. The minimum Gasteiger partial charge on any atom is -0.462 e. The quantitative estimate of drug-likeness (QED) is 0.348. The number of esters is 1. The fourth-order valence-electron chi connectivity index (χ4n) is 3.78. The second kappa shape index (κ2) is 9.27. The van der Waals surface area contributed by atoms with E-state index in [4.69, 9.17) is 4.74 Å². The molecule has 0 spiro atoms. The lowest BCUT2D eigenvalue weighted by atomic mass is 10.0. The molecule has 4 aromatic carbocycles. The number of anilines is 1. The maximum atomic E-state index is 12.5. The van der Waals surface area contributed by atoms with Crippen LogP contribution in [0.15, 0.2) is 97.1 Å². The Bertz CT molecular complexity index is 1080. The third-order valence-electron chi connectivity index (χ3n) is 5.17. The molecule has 0 bridgehead atoms. The van der Waals surface area contributed by atoms with Gasteiger partial charge in [-0.2, -0.15) is 0 Å². The number of hydrogen-bond donors (Lipinski definition) is 0. The molecule has 0 aliphatic heterocycles. The molecule has 0 aliphatic rings. The van der Waals surface area contributed by atoms with Crippen molar-refractivity contribution in [3.8, 4) is 0 Å². The van der Waals surface area contributed by atoms with Crippen molar-refractivity contribution < 1.29 is 9.53 Å². The zero-order valence-corrected chi connectivity index (χ0v) is 17.1. The Balaban J connectivity index is 1.79. The van der Waals surface area contributed by atoms with Crippen LogP contribution in [-0.2, 0) is 17.8 Å². The Morgan fingerprint density at radius 3 is 1.80 bits per heavy atom. The van der Waals surface area contributed by atoms with Gasteiger partial charge < -0.3 is 9.64 Å². The summed E-state index contributed by atoms with van der Waals surface area (Å²) in [7, 11) is 0. The minimum absolute atomic E-state index is 0.280. The molecule has 0 atom stereocenters. The Hall–Kier alpha value is -3.59. The molecule has 0 saturated heterocycles. The molecule has 150 valence electrons. The van der Waals surface area contributed by atoms with Gasteiger partial charge in [0.15, 0.2) is 0 Å². The van der Waals surface area contributed by atoms with Gasteiger partial charge in [0, 0.05) is 24.2 Å². The molecule has 0 amide bonds. The number of fused-ring (bicyclic) bond motifs is 1. The molecular formula is C27H25NO2. The van der Waals surface area contributed by atoms with Gasteiger partial charge in [-0.3, -0.25) is 0 Å². The van der Waals surface area contributed by atoms with E-state index >= 15 is 0 Å². The van der Waals surface area contributed by atoms with Crippen LogP contribution >= 0.6 is 0 Å². The molecule has 0 aliphatic carbocycles. The number of hydrogen-bond acceptors (Lipinski definition) is 3. The van der Waals surface area contributed by atoms with Crippen molar-refractivity contribution in [2.45, 2.75) is 20.0 Å². The maximum absolute atomic E-state index is 12.5. The van der Waals surface area contributed by atoms with Crippen molar-refractivity contribution >= 4 is 22.4 Å². The van der Waals surface area contributed by atoms with Gasteiger partial charge in [0.05, 0.1) is 12.2 Å². The van der Waals surface area contributed by atoms with E-state index in [-0.39, 0.29) is 5.97 Å². The Morgan fingerprint density at radius 2 is 1.23 bits per heavy atom. The van der Waals surface area contributed by atoms with Crippen LogP contribution < -0.4 is 4.90 Å².